The summed E-state index contributed by atoms with van der Waals surface area (Å²) in [6.45, 7) is 5.33. The number of para-hydroxylation sites is 1. The van der Waals surface area contributed by atoms with Gasteiger partial charge < -0.3 is 20.3 Å². The summed E-state index contributed by atoms with van der Waals surface area (Å²) >= 11 is 1.50. The van der Waals surface area contributed by atoms with Crippen molar-refractivity contribution >= 4 is 17.4 Å². The number of anilines is 1. The molecule has 0 amide bonds. The molecule has 150 valence electrons. The average molecular weight is 401 g/mol. The minimum atomic E-state index is -0.136. The zero-order valence-corrected chi connectivity index (χ0v) is 17.0. The molecule has 1 saturated heterocycles. The molecule has 1 aliphatic rings. The third-order valence-electron chi connectivity index (χ3n) is 4.64. The number of ether oxygens (including phenoxy) is 2. The van der Waals surface area contributed by atoms with Gasteiger partial charge in [-0.25, -0.2) is 0 Å². The lowest BCUT2D eigenvalue weighted by Gasteiger charge is -2.29. The summed E-state index contributed by atoms with van der Waals surface area (Å²) in [6, 6.07) is 15.4. The van der Waals surface area contributed by atoms with Crippen LogP contribution in [0.4, 0.5) is 5.69 Å². The Morgan fingerprint density at radius 1 is 1.14 bits per heavy atom. The first-order valence-corrected chi connectivity index (χ1v) is 10.5. The molecule has 3 rings (SSSR count). The number of benzene rings is 2. The molecule has 0 atom stereocenters. The predicted octanol–water partition coefficient (Wildman–Crippen LogP) is 4.14. The van der Waals surface area contributed by atoms with Crippen molar-refractivity contribution in [1.82, 2.24) is 4.90 Å². The maximum absolute atomic E-state index is 9.55. The standard InChI is InChI=1S/C22H28N2O3S/c1-2-22(28-21-6-4-3-5-20(21)23)27-19-9-7-18(8-10-19)26-16-15-24-13-11-17(25)12-14-24/h2-10,17,25H,11-16,23H2,1H3/b22-2+. The molecule has 1 aliphatic heterocycles. The first kappa shape index (κ1) is 20.6. The van der Waals surface area contributed by atoms with Crippen LogP contribution in [0.5, 0.6) is 11.5 Å². The Labute approximate surface area is 171 Å². The number of rotatable bonds is 8. The highest BCUT2D eigenvalue weighted by atomic mass is 32.2. The molecule has 2 aromatic rings. The fourth-order valence-corrected chi connectivity index (χ4v) is 3.78. The van der Waals surface area contributed by atoms with Crippen LogP contribution in [0, 0.1) is 0 Å². The van der Waals surface area contributed by atoms with Crippen LogP contribution in [-0.2, 0) is 0 Å². The van der Waals surface area contributed by atoms with E-state index in [9.17, 15) is 5.11 Å². The number of aliphatic hydroxyl groups excluding tert-OH is 1. The SMILES string of the molecule is C/C=C(\Oc1ccc(OCCN2CCC(O)CC2)cc1)Sc1ccccc1N. The average Bonchev–Trinajstić information content (AvgIpc) is 2.72. The molecule has 0 spiro atoms. The van der Waals surface area contributed by atoms with Crippen molar-refractivity contribution in [2.75, 3.05) is 32.0 Å². The van der Waals surface area contributed by atoms with Crippen LogP contribution in [0.3, 0.4) is 0 Å². The molecule has 0 unspecified atom stereocenters. The lowest BCUT2D eigenvalue weighted by molar-refractivity contribution is 0.0755. The first-order chi connectivity index (χ1) is 13.6. The molecule has 1 fully saturated rings. The Morgan fingerprint density at radius 3 is 2.50 bits per heavy atom. The van der Waals surface area contributed by atoms with Crippen LogP contribution in [0.25, 0.3) is 0 Å². The van der Waals surface area contributed by atoms with Gasteiger partial charge in [0.2, 0.25) is 0 Å². The largest absolute Gasteiger partial charge is 0.492 e. The molecule has 0 radical (unpaired) electrons. The molecule has 0 bridgehead atoms. The minimum absolute atomic E-state index is 0.136. The van der Waals surface area contributed by atoms with Gasteiger partial charge in [-0.3, -0.25) is 4.90 Å². The molecule has 0 aromatic heterocycles. The Kier molecular flexibility index (Phi) is 7.65. The Hall–Kier alpha value is -2.15. The fourth-order valence-electron chi connectivity index (χ4n) is 2.98. The van der Waals surface area contributed by atoms with E-state index in [4.69, 9.17) is 15.2 Å². The van der Waals surface area contributed by atoms with E-state index in [0.29, 0.717) is 6.61 Å². The van der Waals surface area contributed by atoms with Gasteiger partial charge >= 0.3 is 0 Å². The van der Waals surface area contributed by atoms with E-state index in [-0.39, 0.29) is 6.10 Å². The topological polar surface area (TPSA) is 68.0 Å². The minimum Gasteiger partial charge on any atom is -0.492 e. The van der Waals surface area contributed by atoms with Crippen molar-refractivity contribution in [1.29, 1.82) is 0 Å². The highest BCUT2D eigenvalue weighted by Crippen LogP contribution is 2.33. The van der Waals surface area contributed by atoms with Crippen LogP contribution >= 0.6 is 11.8 Å². The maximum atomic E-state index is 9.55. The highest BCUT2D eigenvalue weighted by molar-refractivity contribution is 8.03. The Bertz CT molecular complexity index is 772. The molecule has 0 saturated carbocycles. The normalized spacial score (nSPS) is 16.1. The summed E-state index contributed by atoms with van der Waals surface area (Å²) < 4.78 is 11.8. The highest BCUT2D eigenvalue weighted by Gasteiger charge is 2.16. The third kappa shape index (κ3) is 6.19. The van der Waals surface area contributed by atoms with E-state index >= 15 is 0 Å². The second-order valence-corrected chi connectivity index (χ2v) is 7.79. The summed E-state index contributed by atoms with van der Waals surface area (Å²) in [5, 5.41) is 10.3. The summed E-state index contributed by atoms with van der Waals surface area (Å²) in [5.74, 6) is 1.58. The summed E-state index contributed by atoms with van der Waals surface area (Å²) in [5.41, 5.74) is 6.75. The van der Waals surface area contributed by atoms with E-state index in [1.807, 2.05) is 61.5 Å². The van der Waals surface area contributed by atoms with Crippen molar-refractivity contribution in [2.24, 2.45) is 0 Å². The quantitative estimate of drug-likeness (QED) is 0.394. The number of allylic oxidation sites excluding steroid dienone is 1. The third-order valence-corrected chi connectivity index (χ3v) is 5.75. The smallest absolute Gasteiger partial charge is 0.161 e. The summed E-state index contributed by atoms with van der Waals surface area (Å²) in [6.07, 6.45) is 3.50. The number of nitrogen functional groups attached to an aromatic ring is 1. The van der Waals surface area contributed by atoms with Gasteiger partial charge in [0.25, 0.3) is 0 Å². The number of nitrogens with zero attached hydrogens (tertiary/aromatic N) is 1. The van der Waals surface area contributed by atoms with Gasteiger partial charge in [0.05, 0.1) is 6.10 Å². The van der Waals surface area contributed by atoms with E-state index in [1.54, 1.807) is 0 Å². The molecule has 5 nitrogen and oxygen atoms in total. The lowest BCUT2D eigenvalue weighted by Crippen LogP contribution is -2.38. The van der Waals surface area contributed by atoms with Crippen LogP contribution in [0.2, 0.25) is 0 Å². The van der Waals surface area contributed by atoms with Crippen LogP contribution in [0.1, 0.15) is 19.8 Å². The number of aliphatic hydroxyl groups is 1. The van der Waals surface area contributed by atoms with Gasteiger partial charge in [-0.05, 0) is 62.2 Å². The first-order valence-electron chi connectivity index (χ1n) is 9.64. The van der Waals surface area contributed by atoms with Crippen molar-refractivity contribution in [3.8, 4) is 11.5 Å². The number of piperidine rings is 1. The van der Waals surface area contributed by atoms with E-state index in [1.165, 1.54) is 11.8 Å². The number of thioether (sulfide) groups is 1. The molecule has 3 N–H and O–H groups in total. The van der Waals surface area contributed by atoms with Crippen molar-refractivity contribution in [2.45, 2.75) is 30.8 Å². The zero-order valence-electron chi connectivity index (χ0n) is 16.2. The van der Waals surface area contributed by atoms with Gasteiger partial charge in [-0.1, -0.05) is 23.9 Å². The molecule has 1 heterocycles. The van der Waals surface area contributed by atoms with Gasteiger partial charge in [0.1, 0.15) is 18.1 Å². The zero-order chi connectivity index (χ0) is 19.8. The summed E-state index contributed by atoms with van der Waals surface area (Å²) in [4.78, 5) is 3.30. The van der Waals surface area contributed by atoms with Gasteiger partial charge in [0, 0.05) is 30.2 Å². The summed E-state index contributed by atoms with van der Waals surface area (Å²) in [7, 11) is 0. The molecular formula is C22H28N2O3S. The van der Waals surface area contributed by atoms with Crippen molar-refractivity contribution < 1.29 is 14.6 Å². The Morgan fingerprint density at radius 2 is 1.82 bits per heavy atom. The molecular weight excluding hydrogens is 372 g/mol. The van der Waals surface area contributed by atoms with E-state index < -0.39 is 0 Å². The van der Waals surface area contributed by atoms with Gasteiger partial charge in [0.15, 0.2) is 5.09 Å². The number of hydrogen-bond donors (Lipinski definition) is 2. The van der Waals surface area contributed by atoms with Gasteiger partial charge in [-0.2, -0.15) is 0 Å². The van der Waals surface area contributed by atoms with E-state index in [2.05, 4.69) is 4.90 Å². The second kappa shape index (κ2) is 10.4. The Balaban J connectivity index is 1.46. The van der Waals surface area contributed by atoms with Crippen LogP contribution < -0.4 is 15.2 Å². The van der Waals surface area contributed by atoms with Crippen molar-refractivity contribution in [3.63, 3.8) is 0 Å². The van der Waals surface area contributed by atoms with Crippen LogP contribution in [0.15, 0.2) is 64.6 Å². The second-order valence-electron chi connectivity index (χ2n) is 6.74. The fraction of sp³-hybridized carbons (Fsp3) is 0.364. The van der Waals surface area contributed by atoms with Gasteiger partial charge in [-0.15, -0.1) is 0 Å². The maximum Gasteiger partial charge on any atom is 0.161 e. The monoisotopic (exact) mass is 400 g/mol. The number of nitrogens with two attached hydrogens (primary N) is 1. The molecule has 6 heteroatoms. The number of hydrogen-bond acceptors (Lipinski definition) is 6. The van der Waals surface area contributed by atoms with E-state index in [0.717, 1.165) is 59.6 Å². The lowest BCUT2D eigenvalue weighted by atomic mass is 10.1. The van der Waals surface area contributed by atoms with Crippen molar-refractivity contribution in [3.05, 3.63) is 59.7 Å². The number of likely N-dealkylation sites (tertiary alicyclic amines) is 1. The molecule has 0 aliphatic carbocycles. The molecule has 2 aromatic carbocycles. The van der Waals surface area contributed by atoms with Crippen LogP contribution in [-0.4, -0.2) is 42.4 Å². The predicted molar refractivity (Wildman–Crippen MR) is 115 cm³/mol. The molecule has 28 heavy (non-hydrogen) atoms.